The molecule has 4 heteroatoms. The molecule has 2 heterocycles. The third-order valence-electron chi connectivity index (χ3n) is 2.22. The van der Waals surface area contributed by atoms with Gasteiger partial charge in [0, 0.05) is 30.1 Å². The van der Waals surface area contributed by atoms with Crippen molar-refractivity contribution in [1.82, 2.24) is 4.98 Å². The van der Waals surface area contributed by atoms with Crippen LogP contribution in [-0.4, -0.2) is 10.8 Å². The fourth-order valence-corrected chi connectivity index (χ4v) is 1.32. The summed E-state index contributed by atoms with van der Waals surface area (Å²) in [6.45, 7) is 0. The predicted molar refractivity (Wildman–Crippen MR) is 63.0 cm³/mol. The van der Waals surface area contributed by atoms with Crippen LogP contribution >= 0.6 is 0 Å². The molecule has 0 amide bonds. The number of carbonyl (C=O) groups is 1. The predicted octanol–water partition coefficient (Wildman–Crippen LogP) is 1.61. The molecule has 0 saturated heterocycles. The standard InChI is InChI=1S/C13H10N2O2/c16-13(12-5-9-15(17)10-6-12)2-1-11-3-7-14-8-4-11/h1-10H. The summed E-state index contributed by atoms with van der Waals surface area (Å²) in [5.41, 5.74) is 1.39. The molecule has 17 heavy (non-hydrogen) atoms. The average Bonchev–Trinajstić information content (AvgIpc) is 2.38. The number of carbonyl (C=O) groups excluding carboxylic acids is 1. The van der Waals surface area contributed by atoms with Gasteiger partial charge in [-0.15, -0.1) is 0 Å². The zero-order valence-corrected chi connectivity index (χ0v) is 8.98. The Labute approximate surface area is 98.5 Å². The maximum atomic E-state index is 11.7. The number of aromatic nitrogens is 2. The number of nitrogens with zero attached hydrogens (tertiary/aromatic N) is 2. The summed E-state index contributed by atoms with van der Waals surface area (Å²) in [6.07, 6.45) is 9.10. The van der Waals surface area contributed by atoms with Crippen LogP contribution in [0.2, 0.25) is 0 Å². The van der Waals surface area contributed by atoms with Crippen LogP contribution in [0.5, 0.6) is 0 Å². The SMILES string of the molecule is O=C(C=Cc1ccncc1)c1cc[n+]([O-])cc1. The molecule has 0 N–H and O–H groups in total. The maximum absolute atomic E-state index is 11.7. The lowest BCUT2D eigenvalue weighted by molar-refractivity contribution is -0.605. The van der Waals surface area contributed by atoms with Crippen molar-refractivity contribution >= 4 is 11.9 Å². The van der Waals surface area contributed by atoms with Crippen molar-refractivity contribution in [3.05, 3.63) is 71.5 Å². The molecule has 0 atom stereocenters. The summed E-state index contributed by atoms with van der Waals surface area (Å²) in [6, 6.07) is 6.60. The van der Waals surface area contributed by atoms with Gasteiger partial charge in [-0.1, -0.05) is 6.08 Å². The van der Waals surface area contributed by atoms with Crippen molar-refractivity contribution in [2.24, 2.45) is 0 Å². The normalized spacial score (nSPS) is 10.6. The Morgan fingerprint density at radius 3 is 2.47 bits per heavy atom. The first kappa shape index (κ1) is 11.0. The number of hydrogen-bond acceptors (Lipinski definition) is 3. The van der Waals surface area contributed by atoms with Gasteiger partial charge in [0.15, 0.2) is 18.2 Å². The Morgan fingerprint density at radius 1 is 1.18 bits per heavy atom. The summed E-state index contributed by atoms with van der Waals surface area (Å²) in [4.78, 5) is 15.6. The first-order valence-corrected chi connectivity index (χ1v) is 5.07. The van der Waals surface area contributed by atoms with Crippen LogP contribution in [0.3, 0.4) is 0 Å². The molecule has 0 radical (unpaired) electrons. The molecule has 0 fully saturated rings. The minimum atomic E-state index is -0.137. The highest BCUT2D eigenvalue weighted by Crippen LogP contribution is 2.03. The number of rotatable bonds is 3. The quantitative estimate of drug-likeness (QED) is 0.346. The van der Waals surface area contributed by atoms with Crippen molar-refractivity contribution in [3.63, 3.8) is 0 Å². The highest BCUT2D eigenvalue weighted by atomic mass is 16.5. The fourth-order valence-electron chi connectivity index (χ4n) is 1.32. The van der Waals surface area contributed by atoms with E-state index in [1.807, 2.05) is 0 Å². The van der Waals surface area contributed by atoms with Crippen LogP contribution in [0, 0.1) is 5.21 Å². The minimum absolute atomic E-state index is 0.137. The van der Waals surface area contributed by atoms with Gasteiger partial charge in [-0.2, -0.15) is 4.73 Å². The number of hydrogen-bond donors (Lipinski definition) is 0. The summed E-state index contributed by atoms with van der Waals surface area (Å²) in [7, 11) is 0. The van der Waals surface area contributed by atoms with Crippen LogP contribution in [0.1, 0.15) is 15.9 Å². The third-order valence-corrected chi connectivity index (χ3v) is 2.22. The second-order valence-corrected chi connectivity index (χ2v) is 3.42. The van der Waals surface area contributed by atoms with E-state index in [1.165, 1.54) is 30.6 Å². The van der Waals surface area contributed by atoms with Gasteiger partial charge in [0.2, 0.25) is 0 Å². The lowest BCUT2D eigenvalue weighted by Gasteiger charge is -1.96. The molecule has 0 spiro atoms. The maximum Gasteiger partial charge on any atom is 0.186 e. The van der Waals surface area contributed by atoms with Gasteiger partial charge in [0.1, 0.15) is 0 Å². The van der Waals surface area contributed by atoms with Crippen molar-refractivity contribution in [2.45, 2.75) is 0 Å². The molecule has 0 saturated carbocycles. The third kappa shape index (κ3) is 2.98. The molecule has 2 rings (SSSR count). The molecule has 84 valence electrons. The molecular formula is C13H10N2O2. The summed E-state index contributed by atoms with van der Waals surface area (Å²) in [5, 5.41) is 10.8. The Bertz CT molecular complexity index is 533. The zero-order chi connectivity index (χ0) is 12.1. The summed E-state index contributed by atoms with van der Waals surface area (Å²) < 4.78 is 0.642. The molecule has 0 aromatic carbocycles. The summed E-state index contributed by atoms with van der Waals surface area (Å²) in [5.74, 6) is -0.137. The van der Waals surface area contributed by atoms with Crippen molar-refractivity contribution in [1.29, 1.82) is 0 Å². The van der Waals surface area contributed by atoms with Gasteiger partial charge < -0.3 is 5.21 Å². The molecule has 2 aromatic heterocycles. The van der Waals surface area contributed by atoms with Gasteiger partial charge in [-0.25, -0.2) is 0 Å². The molecule has 0 bridgehead atoms. The molecule has 2 aromatic rings. The van der Waals surface area contributed by atoms with E-state index >= 15 is 0 Å². The Morgan fingerprint density at radius 2 is 1.82 bits per heavy atom. The Balaban J connectivity index is 2.12. The molecule has 0 aliphatic rings. The Hall–Kier alpha value is -2.49. The smallest absolute Gasteiger partial charge is 0.186 e. The highest BCUT2D eigenvalue weighted by Gasteiger charge is 2.02. The van der Waals surface area contributed by atoms with E-state index in [4.69, 9.17) is 0 Å². The number of allylic oxidation sites excluding steroid dienone is 1. The lowest BCUT2D eigenvalue weighted by Crippen LogP contribution is -2.24. The van der Waals surface area contributed by atoms with E-state index in [-0.39, 0.29) is 5.78 Å². The largest absolute Gasteiger partial charge is 0.619 e. The molecule has 0 aliphatic carbocycles. The monoisotopic (exact) mass is 226 g/mol. The van der Waals surface area contributed by atoms with Crippen molar-refractivity contribution in [2.75, 3.05) is 0 Å². The molecule has 4 nitrogen and oxygen atoms in total. The van der Waals surface area contributed by atoms with E-state index in [0.29, 0.717) is 10.3 Å². The Kier molecular flexibility index (Phi) is 3.25. The molecule has 0 unspecified atom stereocenters. The van der Waals surface area contributed by atoms with Gasteiger partial charge in [0.05, 0.1) is 0 Å². The fraction of sp³-hybridized carbons (Fsp3) is 0. The van der Waals surface area contributed by atoms with Crippen LogP contribution in [0.4, 0.5) is 0 Å². The number of ketones is 1. The lowest BCUT2D eigenvalue weighted by atomic mass is 10.1. The van der Waals surface area contributed by atoms with E-state index in [1.54, 1.807) is 30.6 Å². The molecule has 0 aliphatic heterocycles. The van der Waals surface area contributed by atoms with Gasteiger partial charge in [0.25, 0.3) is 0 Å². The minimum Gasteiger partial charge on any atom is -0.619 e. The van der Waals surface area contributed by atoms with Crippen LogP contribution in [0.25, 0.3) is 6.08 Å². The zero-order valence-electron chi connectivity index (χ0n) is 8.98. The first-order valence-electron chi connectivity index (χ1n) is 5.07. The number of pyridine rings is 2. The van der Waals surface area contributed by atoms with Gasteiger partial charge >= 0.3 is 0 Å². The molecular weight excluding hydrogens is 216 g/mol. The van der Waals surface area contributed by atoms with Crippen molar-refractivity contribution < 1.29 is 9.52 Å². The first-order chi connectivity index (χ1) is 8.25. The topological polar surface area (TPSA) is 56.9 Å². The highest BCUT2D eigenvalue weighted by molar-refractivity contribution is 6.06. The second-order valence-electron chi connectivity index (χ2n) is 3.42. The summed E-state index contributed by atoms with van der Waals surface area (Å²) >= 11 is 0. The second kappa shape index (κ2) is 5.03. The van der Waals surface area contributed by atoms with Crippen LogP contribution in [-0.2, 0) is 0 Å². The average molecular weight is 226 g/mol. The van der Waals surface area contributed by atoms with E-state index in [0.717, 1.165) is 5.56 Å². The van der Waals surface area contributed by atoms with Crippen LogP contribution in [0.15, 0.2) is 55.1 Å². The van der Waals surface area contributed by atoms with Gasteiger partial charge in [-0.3, -0.25) is 9.78 Å². The van der Waals surface area contributed by atoms with E-state index in [9.17, 15) is 10.0 Å². The van der Waals surface area contributed by atoms with Gasteiger partial charge in [-0.05, 0) is 23.8 Å². The van der Waals surface area contributed by atoms with Crippen molar-refractivity contribution in [3.8, 4) is 0 Å². The van der Waals surface area contributed by atoms with Crippen LogP contribution < -0.4 is 4.73 Å². The van der Waals surface area contributed by atoms with E-state index < -0.39 is 0 Å². The van der Waals surface area contributed by atoms with E-state index in [2.05, 4.69) is 4.98 Å².